The minimum Gasteiger partial charge on any atom is -0.497 e. The maximum absolute atomic E-state index is 5.20. The summed E-state index contributed by atoms with van der Waals surface area (Å²) in [7, 11) is 3.64. The van der Waals surface area contributed by atoms with Crippen molar-refractivity contribution in [1.29, 1.82) is 0 Å². The fraction of sp³-hybridized carbons (Fsp3) is 0.414. The first-order valence-electron chi connectivity index (χ1n) is 23.0. The van der Waals surface area contributed by atoms with E-state index in [-0.39, 0.29) is 21.8 Å². The Kier molecular flexibility index (Phi) is 15.5. The summed E-state index contributed by atoms with van der Waals surface area (Å²) in [4.78, 5) is 7.26. The first-order chi connectivity index (χ1) is 29.9. The molecule has 64 heavy (non-hydrogen) atoms. The quantitative estimate of drug-likeness (QED) is 0.178. The molecule has 0 spiro atoms. The lowest BCUT2D eigenvalue weighted by Crippen LogP contribution is -2.44. The third-order valence-electron chi connectivity index (χ3n) is 11.8. The van der Waals surface area contributed by atoms with Gasteiger partial charge in [-0.15, -0.1) is 0 Å². The molecule has 3 aromatic heterocycles. The smallest absolute Gasteiger partial charge is 0.137 e. The topological polar surface area (TPSA) is 47.6 Å². The average molecular weight is 860 g/mol. The van der Waals surface area contributed by atoms with Crippen molar-refractivity contribution in [2.24, 2.45) is 7.05 Å². The number of ether oxygens (including phenoxy) is 1. The number of anilines is 1. The van der Waals surface area contributed by atoms with Gasteiger partial charge in [-0.1, -0.05) is 122 Å². The van der Waals surface area contributed by atoms with Crippen LogP contribution in [0.2, 0.25) is 0 Å². The van der Waals surface area contributed by atoms with Crippen molar-refractivity contribution in [1.82, 2.24) is 19.2 Å². The van der Waals surface area contributed by atoms with Gasteiger partial charge in [-0.2, -0.15) is 5.10 Å². The normalized spacial score (nSPS) is 12.9. The molecule has 0 unspecified atom stereocenters. The van der Waals surface area contributed by atoms with Crippen molar-refractivity contribution in [3.05, 3.63) is 161 Å². The van der Waals surface area contributed by atoms with Crippen LogP contribution in [0, 0.1) is 20.8 Å². The van der Waals surface area contributed by atoms with Gasteiger partial charge < -0.3 is 14.0 Å². The molecule has 0 aliphatic carbocycles. The Labute approximate surface area is 386 Å². The van der Waals surface area contributed by atoms with Crippen molar-refractivity contribution < 1.29 is 4.74 Å². The Bertz CT molecular complexity index is 2600. The number of aromatic nitrogens is 4. The molecule has 4 heterocycles. The van der Waals surface area contributed by atoms with Crippen LogP contribution >= 0.6 is 0 Å². The Balaban J connectivity index is 0.000000167. The van der Waals surface area contributed by atoms with Gasteiger partial charge in [-0.25, -0.2) is 4.98 Å². The Hall–Kier alpha value is -5.62. The third-order valence-corrected chi connectivity index (χ3v) is 11.8. The highest BCUT2D eigenvalue weighted by Crippen LogP contribution is 2.35. The molecule has 0 atom stereocenters. The number of benzene rings is 4. The number of nitrogens with zero attached hydrogens (tertiary/aromatic N) is 5. The zero-order valence-corrected chi connectivity index (χ0v) is 42.3. The lowest BCUT2D eigenvalue weighted by molar-refractivity contribution is 0.415. The fourth-order valence-corrected chi connectivity index (χ4v) is 8.52. The molecule has 4 aromatic carbocycles. The van der Waals surface area contributed by atoms with E-state index in [0.717, 1.165) is 29.2 Å². The van der Waals surface area contributed by atoms with E-state index in [4.69, 9.17) is 9.72 Å². The van der Waals surface area contributed by atoms with Crippen molar-refractivity contribution in [2.45, 2.75) is 138 Å². The minimum atomic E-state index is 0.0807. The predicted octanol–water partition coefficient (Wildman–Crippen LogP) is 14.8. The summed E-state index contributed by atoms with van der Waals surface area (Å²) in [5, 5.41) is 4.27. The molecule has 1 aliphatic rings. The molecule has 0 saturated carbocycles. The maximum Gasteiger partial charge on any atom is 0.137 e. The lowest BCUT2D eigenvalue weighted by atomic mass is 9.83. The van der Waals surface area contributed by atoms with Gasteiger partial charge in [0.05, 0.1) is 19.0 Å². The molecule has 6 heteroatoms. The van der Waals surface area contributed by atoms with Crippen LogP contribution in [0.1, 0.15) is 129 Å². The van der Waals surface area contributed by atoms with Crippen LogP contribution in [-0.2, 0) is 29.7 Å². The van der Waals surface area contributed by atoms with E-state index >= 15 is 0 Å². The summed E-state index contributed by atoms with van der Waals surface area (Å²) < 4.78 is 9.24. The first kappa shape index (κ1) is 49.4. The first-order valence-corrected chi connectivity index (χ1v) is 23.0. The summed E-state index contributed by atoms with van der Waals surface area (Å²) in [6, 6.07) is 36.3. The van der Waals surface area contributed by atoms with E-state index in [9.17, 15) is 0 Å². The molecule has 7 aromatic rings. The monoisotopic (exact) mass is 860 g/mol. The maximum atomic E-state index is 5.20. The molecule has 0 fully saturated rings. The van der Waals surface area contributed by atoms with Gasteiger partial charge in [0.15, 0.2) is 0 Å². The zero-order valence-electron chi connectivity index (χ0n) is 42.3. The van der Waals surface area contributed by atoms with Crippen molar-refractivity contribution >= 4 is 11.3 Å². The van der Waals surface area contributed by atoms with Gasteiger partial charge in [0.2, 0.25) is 0 Å². The van der Waals surface area contributed by atoms with E-state index in [1.807, 2.05) is 48.3 Å². The highest BCUT2D eigenvalue weighted by molar-refractivity contribution is 5.69. The number of methoxy groups -OCH3 is 1. The second-order valence-electron chi connectivity index (χ2n) is 21.5. The van der Waals surface area contributed by atoms with Gasteiger partial charge >= 0.3 is 0 Å². The van der Waals surface area contributed by atoms with Crippen LogP contribution in [-0.4, -0.2) is 38.4 Å². The number of aryl methyl sites for hydroxylation is 5. The van der Waals surface area contributed by atoms with Gasteiger partial charge in [-0.05, 0) is 147 Å². The van der Waals surface area contributed by atoms with E-state index in [2.05, 4.69) is 203 Å². The molecule has 340 valence electrons. The van der Waals surface area contributed by atoms with E-state index in [0.29, 0.717) is 0 Å². The minimum absolute atomic E-state index is 0.0807. The number of hydrogen-bond acceptors (Lipinski definition) is 4. The van der Waals surface area contributed by atoms with Crippen molar-refractivity contribution in [3.8, 4) is 28.1 Å². The standard InChI is InChI=1S/C18H20N2O.C17H23N3.C12H18.C11H16/c1-18(2,3)16-6-5-7-17-19-15(12-20(16)17)13-8-10-14(21-4)11-9-13;1-17(2,3)20-9-5-6-14-10-13(7-8-16(14)20)15-11-18-19(4)12-15;1-9-6-7-10(2)11(8-9)12(3,4)5;1-9-7-5-6-8-10(9)11(2,3)4/h5-12H,1-4H3;7-8,10-12H,5-6,9H2,1-4H3;6-8H,1-5H3;5-8H,1-4H3. The number of pyridine rings is 1. The van der Waals surface area contributed by atoms with Gasteiger partial charge in [-0.3, -0.25) is 4.68 Å². The van der Waals surface area contributed by atoms with Crippen LogP contribution in [0.25, 0.3) is 28.0 Å². The highest BCUT2D eigenvalue weighted by Gasteiger charge is 2.27. The Morgan fingerprint density at radius 3 is 1.78 bits per heavy atom. The van der Waals surface area contributed by atoms with Crippen LogP contribution in [0.4, 0.5) is 5.69 Å². The molecule has 8 rings (SSSR count). The fourth-order valence-electron chi connectivity index (χ4n) is 8.52. The molecule has 1 aliphatic heterocycles. The molecule has 0 amide bonds. The number of hydrogen-bond donors (Lipinski definition) is 0. The lowest BCUT2D eigenvalue weighted by Gasteiger charge is -2.41. The highest BCUT2D eigenvalue weighted by atomic mass is 16.5. The van der Waals surface area contributed by atoms with Gasteiger partial charge in [0.25, 0.3) is 0 Å². The van der Waals surface area contributed by atoms with Crippen LogP contribution in [0.15, 0.2) is 122 Å². The number of fused-ring (bicyclic) bond motifs is 2. The Morgan fingerprint density at radius 1 is 0.594 bits per heavy atom. The third kappa shape index (κ3) is 12.8. The molecule has 0 saturated heterocycles. The van der Waals surface area contributed by atoms with E-state index in [1.165, 1.54) is 68.7 Å². The molecule has 0 bridgehead atoms. The molecular formula is C58H77N5O. The van der Waals surface area contributed by atoms with E-state index in [1.54, 1.807) is 7.11 Å². The van der Waals surface area contributed by atoms with Crippen LogP contribution < -0.4 is 9.64 Å². The summed E-state index contributed by atoms with van der Waals surface area (Å²) in [6.07, 6.45) is 8.53. The van der Waals surface area contributed by atoms with Gasteiger partial charge in [0, 0.05) is 59.4 Å². The molecular weight excluding hydrogens is 783 g/mol. The zero-order chi connectivity index (χ0) is 47.2. The predicted molar refractivity (Wildman–Crippen MR) is 274 cm³/mol. The summed E-state index contributed by atoms with van der Waals surface area (Å²) in [6.45, 7) is 34.7. The average Bonchev–Trinajstić information content (AvgIpc) is 3.87. The van der Waals surface area contributed by atoms with Crippen molar-refractivity contribution in [3.63, 3.8) is 0 Å². The van der Waals surface area contributed by atoms with Gasteiger partial charge in [0.1, 0.15) is 11.4 Å². The second-order valence-corrected chi connectivity index (χ2v) is 21.5. The molecule has 0 radical (unpaired) electrons. The SMILES string of the molecule is COc1ccc(-c2cn3c(C(C)(C)C)cccc3n2)cc1.Cc1ccc(C)c(C(C)(C)C)c1.Cc1ccccc1C(C)(C)C.Cn1cc(-c2ccc3c(c2)CCCN3C(C)(C)C)cn1. The van der Waals surface area contributed by atoms with Crippen LogP contribution in [0.3, 0.4) is 0 Å². The number of rotatable bonds is 3. The largest absolute Gasteiger partial charge is 0.497 e. The second kappa shape index (κ2) is 20.0. The summed E-state index contributed by atoms with van der Waals surface area (Å²) >= 11 is 0. The van der Waals surface area contributed by atoms with Crippen LogP contribution in [0.5, 0.6) is 5.75 Å². The molecule has 0 N–H and O–H groups in total. The molecule has 6 nitrogen and oxygen atoms in total. The summed E-state index contributed by atoms with van der Waals surface area (Å²) in [5.74, 6) is 0.859. The van der Waals surface area contributed by atoms with E-state index < -0.39 is 0 Å². The number of imidazole rings is 1. The summed E-state index contributed by atoms with van der Waals surface area (Å²) in [5.41, 5.74) is 17.5. The Morgan fingerprint density at radius 2 is 1.23 bits per heavy atom. The van der Waals surface area contributed by atoms with Crippen molar-refractivity contribution in [2.75, 3.05) is 18.6 Å².